The molecule has 0 aliphatic rings. The molecule has 0 rings (SSSR count). The van der Waals surface area contributed by atoms with Crippen molar-refractivity contribution in [1.82, 2.24) is 16.0 Å². The van der Waals surface area contributed by atoms with Crippen LogP contribution in [0.3, 0.4) is 0 Å². The number of nitrogens with one attached hydrogen (secondary N) is 3. The van der Waals surface area contributed by atoms with Crippen LogP contribution in [0.25, 0.3) is 0 Å². The third kappa shape index (κ3) is 8.68. The Morgan fingerprint density at radius 3 is 2.29 bits per heavy atom. The standard InChI is InChI=1S/C12H25N3O2/c1-5-7-14-12(17)10(4)15-11(16)6-8-13-9(2)3/h9-10,13H,5-8H2,1-4H3,(H,14,17)(H,15,16). The molecular weight excluding hydrogens is 218 g/mol. The van der Waals surface area contributed by atoms with Gasteiger partial charge in [0.05, 0.1) is 0 Å². The highest BCUT2D eigenvalue weighted by Gasteiger charge is 2.14. The highest BCUT2D eigenvalue weighted by molar-refractivity contribution is 5.87. The maximum Gasteiger partial charge on any atom is 0.242 e. The van der Waals surface area contributed by atoms with Crippen LogP contribution in [0.15, 0.2) is 0 Å². The molecule has 0 aromatic heterocycles. The SMILES string of the molecule is CCCNC(=O)C(C)NC(=O)CCNC(C)C. The molecule has 0 aliphatic carbocycles. The Morgan fingerprint density at radius 2 is 1.76 bits per heavy atom. The summed E-state index contributed by atoms with van der Waals surface area (Å²) < 4.78 is 0. The average molecular weight is 243 g/mol. The van der Waals surface area contributed by atoms with Gasteiger partial charge in [0.2, 0.25) is 11.8 Å². The summed E-state index contributed by atoms with van der Waals surface area (Å²) >= 11 is 0. The normalized spacial score (nSPS) is 12.3. The van der Waals surface area contributed by atoms with E-state index in [-0.39, 0.29) is 11.8 Å². The molecule has 0 aromatic rings. The first-order valence-corrected chi connectivity index (χ1v) is 6.27. The van der Waals surface area contributed by atoms with Crippen molar-refractivity contribution < 1.29 is 9.59 Å². The van der Waals surface area contributed by atoms with E-state index >= 15 is 0 Å². The number of hydrogen-bond donors (Lipinski definition) is 3. The van der Waals surface area contributed by atoms with Crippen LogP contribution in [-0.2, 0) is 9.59 Å². The smallest absolute Gasteiger partial charge is 0.242 e. The van der Waals surface area contributed by atoms with Gasteiger partial charge in [0, 0.05) is 25.6 Å². The second-order valence-corrected chi connectivity index (χ2v) is 4.44. The summed E-state index contributed by atoms with van der Waals surface area (Å²) in [5.41, 5.74) is 0. The van der Waals surface area contributed by atoms with E-state index in [1.807, 2.05) is 20.8 Å². The molecule has 0 heterocycles. The molecule has 0 saturated heterocycles. The van der Waals surface area contributed by atoms with E-state index in [9.17, 15) is 9.59 Å². The second-order valence-electron chi connectivity index (χ2n) is 4.44. The first kappa shape index (κ1) is 15.9. The molecule has 5 nitrogen and oxygen atoms in total. The Bertz CT molecular complexity index is 242. The molecule has 100 valence electrons. The van der Waals surface area contributed by atoms with Gasteiger partial charge in [0.15, 0.2) is 0 Å². The quantitative estimate of drug-likeness (QED) is 0.578. The summed E-state index contributed by atoms with van der Waals surface area (Å²) in [7, 11) is 0. The van der Waals surface area contributed by atoms with Crippen molar-refractivity contribution in [3.8, 4) is 0 Å². The van der Waals surface area contributed by atoms with Gasteiger partial charge >= 0.3 is 0 Å². The summed E-state index contributed by atoms with van der Waals surface area (Å²) in [6.07, 6.45) is 1.29. The van der Waals surface area contributed by atoms with Crippen LogP contribution in [-0.4, -0.2) is 37.0 Å². The van der Waals surface area contributed by atoms with Crippen LogP contribution in [0.2, 0.25) is 0 Å². The Morgan fingerprint density at radius 1 is 1.12 bits per heavy atom. The Balaban J connectivity index is 3.75. The molecule has 0 aromatic carbocycles. The van der Waals surface area contributed by atoms with Gasteiger partial charge in [-0.25, -0.2) is 0 Å². The van der Waals surface area contributed by atoms with Gasteiger partial charge in [-0.1, -0.05) is 20.8 Å². The molecule has 0 aliphatic heterocycles. The summed E-state index contributed by atoms with van der Waals surface area (Å²) in [5, 5.41) is 8.57. The molecule has 17 heavy (non-hydrogen) atoms. The van der Waals surface area contributed by atoms with Gasteiger partial charge in [-0.2, -0.15) is 0 Å². The van der Waals surface area contributed by atoms with Crippen molar-refractivity contribution in [2.75, 3.05) is 13.1 Å². The van der Waals surface area contributed by atoms with E-state index in [2.05, 4.69) is 16.0 Å². The second kappa shape index (κ2) is 8.98. The number of rotatable bonds is 8. The zero-order chi connectivity index (χ0) is 13.3. The predicted octanol–water partition coefficient (Wildman–Crippen LogP) is 0.405. The fourth-order valence-corrected chi connectivity index (χ4v) is 1.25. The Hall–Kier alpha value is -1.10. The van der Waals surface area contributed by atoms with E-state index in [1.165, 1.54) is 0 Å². The molecular formula is C12H25N3O2. The third-order valence-electron chi connectivity index (χ3n) is 2.22. The number of amides is 2. The number of carbonyl (C=O) groups excluding carboxylic acids is 2. The monoisotopic (exact) mass is 243 g/mol. The molecule has 0 bridgehead atoms. The van der Waals surface area contributed by atoms with Crippen molar-refractivity contribution in [2.24, 2.45) is 0 Å². The van der Waals surface area contributed by atoms with Gasteiger partial charge < -0.3 is 16.0 Å². The van der Waals surface area contributed by atoms with Gasteiger partial charge in [0.25, 0.3) is 0 Å². The van der Waals surface area contributed by atoms with Crippen molar-refractivity contribution in [1.29, 1.82) is 0 Å². The van der Waals surface area contributed by atoms with Crippen LogP contribution in [0, 0.1) is 0 Å². The lowest BCUT2D eigenvalue weighted by Crippen LogP contribution is -2.45. The molecule has 2 amide bonds. The van der Waals surface area contributed by atoms with Gasteiger partial charge in [-0.15, -0.1) is 0 Å². The molecule has 0 saturated carbocycles. The highest BCUT2D eigenvalue weighted by atomic mass is 16.2. The number of hydrogen-bond acceptors (Lipinski definition) is 3. The minimum atomic E-state index is -0.465. The zero-order valence-electron chi connectivity index (χ0n) is 11.3. The predicted molar refractivity (Wildman–Crippen MR) is 68.7 cm³/mol. The van der Waals surface area contributed by atoms with Gasteiger partial charge in [0.1, 0.15) is 6.04 Å². The van der Waals surface area contributed by atoms with E-state index in [0.717, 1.165) is 6.42 Å². The molecule has 0 radical (unpaired) electrons. The Kier molecular flexibility index (Phi) is 8.40. The van der Waals surface area contributed by atoms with E-state index < -0.39 is 6.04 Å². The minimum Gasteiger partial charge on any atom is -0.354 e. The maximum absolute atomic E-state index is 11.5. The van der Waals surface area contributed by atoms with E-state index in [0.29, 0.717) is 25.6 Å². The maximum atomic E-state index is 11.5. The van der Waals surface area contributed by atoms with Gasteiger partial charge in [-0.05, 0) is 13.3 Å². The molecule has 5 heteroatoms. The van der Waals surface area contributed by atoms with Crippen LogP contribution in [0.5, 0.6) is 0 Å². The first-order chi connectivity index (χ1) is 7.97. The first-order valence-electron chi connectivity index (χ1n) is 6.27. The van der Waals surface area contributed by atoms with E-state index in [1.54, 1.807) is 6.92 Å². The summed E-state index contributed by atoms with van der Waals surface area (Å²) in [6.45, 7) is 9.01. The fraction of sp³-hybridized carbons (Fsp3) is 0.833. The highest BCUT2D eigenvalue weighted by Crippen LogP contribution is 1.87. The topological polar surface area (TPSA) is 70.2 Å². The van der Waals surface area contributed by atoms with E-state index in [4.69, 9.17) is 0 Å². The fourth-order valence-electron chi connectivity index (χ4n) is 1.25. The average Bonchev–Trinajstić information content (AvgIpc) is 2.25. The summed E-state index contributed by atoms with van der Waals surface area (Å²) in [5.74, 6) is -0.227. The van der Waals surface area contributed by atoms with Crippen molar-refractivity contribution in [2.45, 2.75) is 52.6 Å². The molecule has 1 unspecified atom stereocenters. The lowest BCUT2D eigenvalue weighted by atomic mass is 10.2. The van der Waals surface area contributed by atoms with Crippen LogP contribution in [0.1, 0.15) is 40.5 Å². The number of carbonyl (C=O) groups is 2. The summed E-state index contributed by atoms with van der Waals surface area (Å²) in [6, 6.07) is -0.0961. The Labute approximate surface area is 104 Å². The lowest BCUT2D eigenvalue weighted by Gasteiger charge is -2.14. The van der Waals surface area contributed by atoms with Crippen LogP contribution >= 0.6 is 0 Å². The van der Waals surface area contributed by atoms with Crippen molar-refractivity contribution in [3.05, 3.63) is 0 Å². The third-order valence-corrected chi connectivity index (χ3v) is 2.22. The summed E-state index contributed by atoms with van der Waals surface area (Å²) in [4.78, 5) is 23.0. The molecule has 0 fully saturated rings. The lowest BCUT2D eigenvalue weighted by molar-refractivity contribution is -0.128. The van der Waals surface area contributed by atoms with Crippen LogP contribution < -0.4 is 16.0 Å². The zero-order valence-corrected chi connectivity index (χ0v) is 11.3. The van der Waals surface area contributed by atoms with Crippen molar-refractivity contribution >= 4 is 11.8 Å². The van der Waals surface area contributed by atoms with Crippen molar-refractivity contribution in [3.63, 3.8) is 0 Å². The molecule has 3 N–H and O–H groups in total. The minimum absolute atomic E-state index is 0.0997. The largest absolute Gasteiger partial charge is 0.354 e. The molecule has 1 atom stereocenters. The molecule has 0 spiro atoms. The van der Waals surface area contributed by atoms with Gasteiger partial charge in [-0.3, -0.25) is 9.59 Å². The van der Waals surface area contributed by atoms with Crippen LogP contribution in [0.4, 0.5) is 0 Å².